The number of hydrogen-bond acceptors (Lipinski definition) is 6. The van der Waals surface area contributed by atoms with Crippen molar-refractivity contribution in [3.8, 4) is 11.5 Å². The van der Waals surface area contributed by atoms with Crippen LogP contribution in [0.4, 0.5) is 11.4 Å². The molecule has 0 unspecified atom stereocenters. The minimum Gasteiger partial charge on any atom is -0.493 e. The zero-order valence-electron chi connectivity index (χ0n) is 20.3. The molecule has 38 heavy (non-hydrogen) atoms. The number of rotatable bonds is 9. The molecule has 1 heterocycles. The van der Waals surface area contributed by atoms with Gasteiger partial charge in [0.25, 0.3) is 17.7 Å². The van der Waals surface area contributed by atoms with Gasteiger partial charge in [-0.3, -0.25) is 14.4 Å². The molecule has 196 valence electrons. The Morgan fingerprint density at radius 3 is 2.13 bits per heavy atom. The van der Waals surface area contributed by atoms with Gasteiger partial charge in [0.05, 0.1) is 19.9 Å². The SMILES string of the molecule is COc1ccc(CCNC(=O)c2ccc(NC3=C(Cl)C(=O)N(c4cc(Cl)cc(Cl)c4)C3=O)cc2)cc1OC. The highest BCUT2D eigenvalue weighted by atomic mass is 35.5. The van der Waals surface area contributed by atoms with Crippen LogP contribution in [0, 0.1) is 0 Å². The highest BCUT2D eigenvalue weighted by Gasteiger charge is 2.39. The smallest absolute Gasteiger partial charge is 0.283 e. The number of carbonyl (C=O) groups is 3. The number of imide groups is 1. The summed E-state index contributed by atoms with van der Waals surface area (Å²) >= 11 is 18.2. The summed E-state index contributed by atoms with van der Waals surface area (Å²) in [6.07, 6.45) is 0.600. The van der Waals surface area contributed by atoms with Crippen molar-refractivity contribution in [2.24, 2.45) is 0 Å². The zero-order chi connectivity index (χ0) is 27.4. The van der Waals surface area contributed by atoms with Gasteiger partial charge in [0, 0.05) is 27.8 Å². The van der Waals surface area contributed by atoms with Crippen LogP contribution in [0.15, 0.2) is 71.4 Å². The number of halogens is 3. The average Bonchev–Trinajstić information content (AvgIpc) is 3.11. The Kier molecular flexibility index (Phi) is 8.46. The summed E-state index contributed by atoms with van der Waals surface area (Å²) in [7, 11) is 3.14. The van der Waals surface area contributed by atoms with Gasteiger partial charge in [-0.1, -0.05) is 40.9 Å². The first-order chi connectivity index (χ1) is 18.2. The molecule has 0 radical (unpaired) electrons. The highest BCUT2D eigenvalue weighted by molar-refractivity contribution is 6.53. The van der Waals surface area contributed by atoms with E-state index >= 15 is 0 Å². The normalized spacial score (nSPS) is 13.1. The molecule has 3 aromatic carbocycles. The van der Waals surface area contributed by atoms with E-state index in [-0.39, 0.29) is 32.4 Å². The minimum atomic E-state index is -0.706. The summed E-state index contributed by atoms with van der Waals surface area (Å²) in [6, 6.07) is 16.4. The Morgan fingerprint density at radius 1 is 0.842 bits per heavy atom. The first-order valence-electron chi connectivity index (χ1n) is 11.3. The molecule has 1 aliphatic heterocycles. The van der Waals surface area contributed by atoms with Crippen molar-refractivity contribution in [1.82, 2.24) is 5.32 Å². The van der Waals surface area contributed by atoms with Gasteiger partial charge in [-0.05, 0) is 66.6 Å². The molecule has 0 spiro atoms. The largest absolute Gasteiger partial charge is 0.493 e. The third kappa shape index (κ3) is 5.88. The standard InChI is InChI=1S/C27H22Cl3N3O5/c1-37-21-8-3-15(11-22(21)38-2)9-10-31-25(34)16-4-6-19(7-5-16)32-24-23(30)26(35)33(27(24)36)20-13-17(28)12-18(29)14-20/h3-8,11-14,32H,9-10H2,1-2H3,(H,31,34). The second kappa shape index (κ2) is 11.8. The zero-order valence-corrected chi connectivity index (χ0v) is 22.6. The van der Waals surface area contributed by atoms with Crippen molar-refractivity contribution < 1.29 is 23.9 Å². The number of anilines is 2. The van der Waals surface area contributed by atoms with Crippen LogP contribution in [-0.2, 0) is 16.0 Å². The average molecular weight is 575 g/mol. The Morgan fingerprint density at radius 2 is 1.50 bits per heavy atom. The lowest BCUT2D eigenvalue weighted by Crippen LogP contribution is -2.32. The van der Waals surface area contributed by atoms with E-state index in [4.69, 9.17) is 44.3 Å². The highest BCUT2D eigenvalue weighted by Crippen LogP contribution is 2.33. The summed E-state index contributed by atoms with van der Waals surface area (Å²) in [4.78, 5) is 39.1. The molecule has 0 aromatic heterocycles. The van der Waals surface area contributed by atoms with Gasteiger partial charge in [-0.15, -0.1) is 0 Å². The van der Waals surface area contributed by atoms with Crippen LogP contribution in [0.25, 0.3) is 0 Å². The van der Waals surface area contributed by atoms with Crippen molar-refractivity contribution in [2.45, 2.75) is 6.42 Å². The number of methoxy groups -OCH3 is 2. The molecule has 2 N–H and O–H groups in total. The van der Waals surface area contributed by atoms with Crippen LogP contribution >= 0.6 is 34.8 Å². The molecule has 0 atom stereocenters. The lowest BCUT2D eigenvalue weighted by atomic mass is 10.1. The monoisotopic (exact) mass is 573 g/mol. The number of amides is 3. The fourth-order valence-corrected chi connectivity index (χ4v) is 4.55. The van der Waals surface area contributed by atoms with Gasteiger partial charge in [0.1, 0.15) is 10.7 Å². The maximum Gasteiger partial charge on any atom is 0.283 e. The van der Waals surface area contributed by atoms with E-state index in [1.54, 1.807) is 38.5 Å². The number of ether oxygens (including phenoxy) is 2. The fourth-order valence-electron chi connectivity index (χ4n) is 3.82. The van der Waals surface area contributed by atoms with Gasteiger partial charge < -0.3 is 20.1 Å². The van der Waals surface area contributed by atoms with Crippen LogP contribution in [0.2, 0.25) is 10.0 Å². The van der Waals surface area contributed by atoms with E-state index < -0.39 is 11.8 Å². The molecule has 0 saturated carbocycles. The van der Waals surface area contributed by atoms with Gasteiger partial charge in [0.15, 0.2) is 11.5 Å². The minimum absolute atomic E-state index is 0.0973. The van der Waals surface area contributed by atoms with Crippen LogP contribution in [0.3, 0.4) is 0 Å². The molecule has 0 bridgehead atoms. The number of nitrogens with one attached hydrogen (secondary N) is 2. The molecule has 0 saturated heterocycles. The Balaban J connectivity index is 1.37. The first kappa shape index (κ1) is 27.3. The first-order valence-corrected chi connectivity index (χ1v) is 12.5. The molecular weight excluding hydrogens is 553 g/mol. The number of hydrogen-bond donors (Lipinski definition) is 2. The van der Waals surface area contributed by atoms with Crippen LogP contribution < -0.4 is 25.0 Å². The fraction of sp³-hybridized carbons (Fsp3) is 0.148. The van der Waals surface area contributed by atoms with Crippen LogP contribution in [0.1, 0.15) is 15.9 Å². The van der Waals surface area contributed by atoms with Crippen molar-refractivity contribution in [2.75, 3.05) is 31.0 Å². The van der Waals surface area contributed by atoms with Gasteiger partial charge >= 0.3 is 0 Å². The van der Waals surface area contributed by atoms with E-state index in [0.29, 0.717) is 35.7 Å². The predicted molar refractivity (Wildman–Crippen MR) is 147 cm³/mol. The predicted octanol–water partition coefficient (Wildman–Crippen LogP) is 5.42. The second-order valence-corrected chi connectivity index (χ2v) is 9.41. The number of carbonyl (C=O) groups excluding carboxylic acids is 3. The van der Waals surface area contributed by atoms with Crippen molar-refractivity contribution in [3.63, 3.8) is 0 Å². The van der Waals surface area contributed by atoms with E-state index in [1.807, 2.05) is 18.2 Å². The van der Waals surface area contributed by atoms with E-state index in [2.05, 4.69) is 10.6 Å². The molecule has 1 aliphatic rings. The lowest BCUT2D eigenvalue weighted by molar-refractivity contribution is -0.120. The molecular formula is C27H22Cl3N3O5. The second-order valence-electron chi connectivity index (χ2n) is 8.16. The maximum atomic E-state index is 13.0. The van der Waals surface area contributed by atoms with E-state index in [0.717, 1.165) is 10.5 Å². The summed E-state index contributed by atoms with van der Waals surface area (Å²) in [5, 5.41) is 6.00. The molecule has 8 nitrogen and oxygen atoms in total. The van der Waals surface area contributed by atoms with Gasteiger partial charge in [0.2, 0.25) is 0 Å². The third-order valence-electron chi connectivity index (χ3n) is 5.70. The molecule has 4 rings (SSSR count). The Bertz CT molecular complexity index is 1420. The van der Waals surface area contributed by atoms with E-state index in [1.165, 1.54) is 18.2 Å². The topological polar surface area (TPSA) is 97.0 Å². The molecule has 3 amide bonds. The molecule has 0 fully saturated rings. The summed E-state index contributed by atoms with van der Waals surface area (Å²) in [5.74, 6) is -0.364. The Hall–Kier alpha value is -3.72. The van der Waals surface area contributed by atoms with Crippen molar-refractivity contribution >= 4 is 63.9 Å². The third-order valence-corrected chi connectivity index (χ3v) is 6.48. The summed E-state index contributed by atoms with van der Waals surface area (Å²) in [6.45, 7) is 0.413. The van der Waals surface area contributed by atoms with E-state index in [9.17, 15) is 14.4 Å². The summed E-state index contributed by atoms with van der Waals surface area (Å²) < 4.78 is 10.5. The molecule has 3 aromatic rings. The maximum absolute atomic E-state index is 13.0. The van der Waals surface area contributed by atoms with Crippen molar-refractivity contribution in [3.05, 3.63) is 92.6 Å². The summed E-state index contributed by atoms with van der Waals surface area (Å²) in [5.41, 5.74) is 1.98. The Labute approximate surface area is 234 Å². The molecule has 0 aliphatic carbocycles. The van der Waals surface area contributed by atoms with Gasteiger partial charge in [-0.2, -0.15) is 0 Å². The lowest BCUT2D eigenvalue weighted by Gasteiger charge is -2.16. The number of benzene rings is 3. The molecule has 11 heteroatoms. The number of nitrogens with zero attached hydrogens (tertiary/aromatic N) is 1. The van der Waals surface area contributed by atoms with Gasteiger partial charge in [-0.25, -0.2) is 4.90 Å². The van der Waals surface area contributed by atoms with Crippen LogP contribution in [-0.4, -0.2) is 38.5 Å². The quantitative estimate of drug-likeness (QED) is 0.331. The van der Waals surface area contributed by atoms with Crippen molar-refractivity contribution in [1.29, 1.82) is 0 Å². The van der Waals surface area contributed by atoms with Crippen LogP contribution in [0.5, 0.6) is 11.5 Å².